The van der Waals surface area contributed by atoms with Crippen molar-refractivity contribution >= 4 is 5.97 Å². The molecule has 18 heavy (non-hydrogen) atoms. The second kappa shape index (κ2) is 6.05. The van der Waals surface area contributed by atoms with Crippen LogP contribution in [-0.4, -0.2) is 29.1 Å². The van der Waals surface area contributed by atoms with Gasteiger partial charge in [-0.3, -0.25) is 9.69 Å². The Morgan fingerprint density at radius 1 is 1.56 bits per heavy atom. The molecule has 2 heterocycles. The summed E-state index contributed by atoms with van der Waals surface area (Å²) in [4.78, 5) is 13.0. The molecule has 1 saturated heterocycles. The molecule has 4 nitrogen and oxygen atoms in total. The van der Waals surface area contributed by atoms with Gasteiger partial charge in [0.15, 0.2) is 0 Å². The fourth-order valence-corrected chi connectivity index (χ4v) is 2.65. The molecule has 0 radical (unpaired) electrons. The molecule has 1 aromatic heterocycles. The van der Waals surface area contributed by atoms with Gasteiger partial charge in [-0.05, 0) is 50.8 Å². The van der Waals surface area contributed by atoms with Crippen molar-refractivity contribution in [3.8, 4) is 0 Å². The van der Waals surface area contributed by atoms with Gasteiger partial charge in [0.25, 0.3) is 0 Å². The number of aryl methyl sites for hydroxylation is 1. The van der Waals surface area contributed by atoms with Crippen molar-refractivity contribution < 1.29 is 14.3 Å². The van der Waals surface area contributed by atoms with Crippen molar-refractivity contribution in [1.29, 1.82) is 0 Å². The maximum atomic E-state index is 10.6. The lowest BCUT2D eigenvalue weighted by atomic mass is 9.93. The van der Waals surface area contributed by atoms with Crippen LogP contribution >= 0.6 is 0 Å². The van der Waals surface area contributed by atoms with Gasteiger partial charge in [0, 0.05) is 13.0 Å². The smallest absolute Gasteiger partial charge is 0.303 e. The summed E-state index contributed by atoms with van der Waals surface area (Å²) < 4.78 is 5.58. The Balaban J connectivity index is 1.81. The second-order valence-electron chi connectivity index (χ2n) is 5.19. The van der Waals surface area contributed by atoms with Gasteiger partial charge in [0.05, 0.1) is 6.54 Å². The molecule has 0 aliphatic carbocycles. The van der Waals surface area contributed by atoms with Gasteiger partial charge in [0.2, 0.25) is 0 Å². The zero-order valence-electron chi connectivity index (χ0n) is 10.9. The summed E-state index contributed by atoms with van der Waals surface area (Å²) in [6.07, 6.45) is 3.40. The predicted molar refractivity (Wildman–Crippen MR) is 68.3 cm³/mol. The van der Waals surface area contributed by atoms with Crippen molar-refractivity contribution in [3.63, 3.8) is 0 Å². The first-order valence-corrected chi connectivity index (χ1v) is 6.63. The van der Waals surface area contributed by atoms with E-state index in [9.17, 15) is 4.79 Å². The molecule has 1 aliphatic heterocycles. The topological polar surface area (TPSA) is 53.7 Å². The third-order valence-corrected chi connectivity index (χ3v) is 3.55. The Morgan fingerprint density at radius 3 is 3.06 bits per heavy atom. The number of likely N-dealkylation sites (tertiary alicyclic amines) is 1. The van der Waals surface area contributed by atoms with E-state index in [4.69, 9.17) is 9.52 Å². The van der Waals surface area contributed by atoms with Gasteiger partial charge in [0.1, 0.15) is 11.5 Å². The number of carboxylic acids is 1. The SMILES string of the molecule is Cc1ccc(CN2CCCC(CCC(=O)O)C2)o1. The molecule has 0 aromatic carbocycles. The molecule has 0 bridgehead atoms. The van der Waals surface area contributed by atoms with Gasteiger partial charge in [-0.25, -0.2) is 0 Å². The number of aliphatic carboxylic acids is 1. The van der Waals surface area contributed by atoms with Crippen molar-refractivity contribution in [2.24, 2.45) is 5.92 Å². The Morgan fingerprint density at radius 2 is 2.39 bits per heavy atom. The predicted octanol–water partition coefficient (Wildman–Crippen LogP) is 2.66. The van der Waals surface area contributed by atoms with Crippen LogP contribution in [0.15, 0.2) is 16.5 Å². The van der Waals surface area contributed by atoms with Crippen LogP contribution < -0.4 is 0 Å². The molecule has 2 rings (SSSR count). The molecule has 0 saturated carbocycles. The van der Waals surface area contributed by atoms with Crippen LogP contribution in [0.3, 0.4) is 0 Å². The molecule has 1 N–H and O–H groups in total. The zero-order chi connectivity index (χ0) is 13.0. The summed E-state index contributed by atoms with van der Waals surface area (Å²) in [5, 5.41) is 8.72. The van der Waals surface area contributed by atoms with E-state index in [1.807, 2.05) is 19.1 Å². The number of nitrogens with zero attached hydrogens (tertiary/aromatic N) is 1. The minimum atomic E-state index is -0.686. The Labute approximate surface area is 108 Å². The lowest BCUT2D eigenvalue weighted by Crippen LogP contribution is -2.35. The van der Waals surface area contributed by atoms with E-state index in [1.54, 1.807) is 0 Å². The van der Waals surface area contributed by atoms with Crippen LogP contribution in [0, 0.1) is 12.8 Å². The quantitative estimate of drug-likeness (QED) is 0.874. The zero-order valence-corrected chi connectivity index (χ0v) is 10.9. The standard InChI is InChI=1S/C14H21NO3/c1-11-4-6-13(18-11)10-15-8-2-3-12(9-15)5-7-14(16)17/h4,6,12H,2-3,5,7-10H2,1H3,(H,16,17). The van der Waals surface area contributed by atoms with Gasteiger partial charge in [-0.2, -0.15) is 0 Å². The van der Waals surface area contributed by atoms with Crippen LogP contribution in [0.5, 0.6) is 0 Å². The molecule has 1 aliphatic rings. The Kier molecular flexibility index (Phi) is 4.42. The van der Waals surface area contributed by atoms with E-state index in [1.165, 1.54) is 0 Å². The van der Waals surface area contributed by atoms with Crippen molar-refractivity contribution in [2.45, 2.75) is 39.2 Å². The molecule has 1 unspecified atom stereocenters. The van der Waals surface area contributed by atoms with E-state index < -0.39 is 5.97 Å². The minimum absolute atomic E-state index is 0.290. The number of piperidine rings is 1. The molecule has 1 aromatic rings. The molecular formula is C14H21NO3. The van der Waals surface area contributed by atoms with Crippen LogP contribution in [0.25, 0.3) is 0 Å². The fourth-order valence-electron chi connectivity index (χ4n) is 2.65. The number of rotatable bonds is 5. The second-order valence-corrected chi connectivity index (χ2v) is 5.19. The van der Waals surface area contributed by atoms with Crippen LogP contribution in [0.4, 0.5) is 0 Å². The lowest BCUT2D eigenvalue weighted by molar-refractivity contribution is -0.137. The first kappa shape index (κ1) is 13.1. The summed E-state index contributed by atoms with van der Waals surface area (Å²) in [5.74, 6) is 1.79. The minimum Gasteiger partial charge on any atom is -0.481 e. The molecule has 0 spiro atoms. The van der Waals surface area contributed by atoms with Crippen LogP contribution in [0.2, 0.25) is 0 Å². The third kappa shape index (κ3) is 3.88. The van der Waals surface area contributed by atoms with Crippen LogP contribution in [0.1, 0.15) is 37.2 Å². The highest BCUT2D eigenvalue weighted by Crippen LogP contribution is 2.22. The fraction of sp³-hybridized carbons (Fsp3) is 0.643. The summed E-state index contributed by atoms with van der Waals surface area (Å²) in [7, 11) is 0. The number of carboxylic acid groups (broad SMARTS) is 1. The highest BCUT2D eigenvalue weighted by atomic mass is 16.4. The number of furan rings is 1. The normalized spacial score (nSPS) is 21.1. The van der Waals surface area contributed by atoms with Crippen molar-refractivity contribution in [2.75, 3.05) is 13.1 Å². The summed E-state index contributed by atoms with van der Waals surface area (Å²) in [5.41, 5.74) is 0. The Bertz CT molecular complexity index is 399. The van der Waals surface area contributed by atoms with E-state index in [-0.39, 0.29) is 0 Å². The molecule has 4 heteroatoms. The van der Waals surface area contributed by atoms with Gasteiger partial charge in [-0.1, -0.05) is 0 Å². The molecule has 0 amide bonds. The van der Waals surface area contributed by atoms with Crippen molar-refractivity contribution in [1.82, 2.24) is 4.90 Å². The molecule has 1 atom stereocenters. The summed E-state index contributed by atoms with van der Waals surface area (Å²) in [6.45, 7) is 4.88. The van der Waals surface area contributed by atoms with Gasteiger partial charge < -0.3 is 9.52 Å². The van der Waals surface area contributed by atoms with Gasteiger partial charge >= 0.3 is 5.97 Å². The summed E-state index contributed by atoms with van der Waals surface area (Å²) in [6, 6.07) is 4.01. The lowest BCUT2D eigenvalue weighted by Gasteiger charge is -2.31. The molecular weight excluding hydrogens is 230 g/mol. The highest BCUT2D eigenvalue weighted by molar-refractivity contribution is 5.66. The van der Waals surface area contributed by atoms with E-state index >= 15 is 0 Å². The third-order valence-electron chi connectivity index (χ3n) is 3.55. The number of hydrogen-bond donors (Lipinski definition) is 1. The van der Waals surface area contributed by atoms with Gasteiger partial charge in [-0.15, -0.1) is 0 Å². The number of carbonyl (C=O) groups is 1. The Hall–Kier alpha value is -1.29. The van der Waals surface area contributed by atoms with E-state index in [0.29, 0.717) is 12.3 Å². The monoisotopic (exact) mass is 251 g/mol. The largest absolute Gasteiger partial charge is 0.481 e. The maximum absolute atomic E-state index is 10.6. The van der Waals surface area contributed by atoms with E-state index in [0.717, 1.165) is 50.4 Å². The first-order valence-electron chi connectivity index (χ1n) is 6.63. The maximum Gasteiger partial charge on any atom is 0.303 e. The average Bonchev–Trinajstić information content (AvgIpc) is 2.73. The first-order chi connectivity index (χ1) is 8.63. The summed E-state index contributed by atoms with van der Waals surface area (Å²) >= 11 is 0. The molecule has 100 valence electrons. The van der Waals surface area contributed by atoms with Crippen molar-refractivity contribution in [3.05, 3.63) is 23.7 Å². The average molecular weight is 251 g/mol. The highest BCUT2D eigenvalue weighted by Gasteiger charge is 2.21. The van der Waals surface area contributed by atoms with Crippen LogP contribution in [-0.2, 0) is 11.3 Å². The molecule has 1 fully saturated rings. The number of hydrogen-bond acceptors (Lipinski definition) is 3. The van der Waals surface area contributed by atoms with E-state index in [2.05, 4.69) is 4.90 Å².